The minimum Gasteiger partial charge on any atom is -0.350 e. The van der Waals surface area contributed by atoms with E-state index in [0.717, 1.165) is 17.7 Å². The fourth-order valence-corrected chi connectivity index (χ4v) is 4.03. The summed E-state index contributed by atoms with van der Waals surface area (Å²) < 4.78 is 16.3. The standard InChI is InChI=1S/C24H22FN5O4/c25-17-5-1-15(2-6-17)22-27-28(24(34)30(22)19-9-10-19)14-13-26-23(33)16-3-7-18(8-4-16)29-20(31)11-12-21(29)32/h1-8,19H,9-14H2,(H,26,33). The minimum absolute atomic E-state index is 0.0868. The third-order valence-corrected chi connectivity index (χ3v) is 5.93. The van der Waals surface area contributed by atoms with Gasteiger partial charge in [0, 0.05) is 36.6 Å². The quantitative estimate of drug-likeness (QED) is 0.541. The van der Waals surface area contributed by atoms with Crippen LogP contribution in [0.4, 0.5) is 10.1 Å². The van der Waals surface area contributed by atoms with E-state index in [2.05, 4.69) is 10.4 Å². The first-order valence-corrected chi connectivity index (χ1v) is 11.1. The van der Waals surface area contributed by atoms with E-state index < -0.39 is 0 Å². The second-order valence-electron chi connectivity index (χ2n) is 8.36. The number of hydrogen-bond acceptors (Lipinski definition) is 5. The number of carbonyl (C=O) groups excluding carboxylic acids is 3. The Morgan fingerprint density at radius 1 is 0.971 bits per heavy atom. The van der Waals surface area contributed by atoms with Crippen LogP contribution in [0.2, 0.25) is 0 Å². The van der Waals surface area contributed by atoms with Gasteiger partial charge in [-0.05, 0) is 61.4 Å². The molecule has 2 aromatic carbocycles. The maximum atomic E-state index is 13.3. The lowest BCUT2D eigenvalue weighted by atomic mass is 10.2. The molecule has 0 radical (unpaired) electrons. The van der Waals surface area contributed by atoms with Gasteiger partial charge in [0.1, 0.15) is 5.82 Å². The molecule has 3 aromatic rings. The Balaban J connectivity index is 1.25. The molecule has 1 aromatic heterocycles. The van der Waals surface area contributed by atoms with Crippen LogP contribution in [0, 0.1) is 5.82 Å². The molecule has 2 fully saturated rings. The van der Waals surface area contributed by atoms with Gasteiger partial charge < -0.3 is 5.32 Å². The van der Waals surface area contributed by atoms with E-state index in [-0.39, 0.29) is 61.2 Å². The topological polar surface area (TPSA) is 106 Å². The zero-order chi connectivity index (χ0) is 23.8. The van der Waals surface area contributed by atoms with E-state index in [4.69, 9.17) is 0 Å². The molecule has 2 heterocycles. The number of halogens is 1. The third kappa shape index (κ3) is 4.14. The Morgan fingerprint density at radius 2 is 1.62 bits per heavy atom. The van der Waals surface area contributed by atoms with Gasteiger partial charge in [-0.2, -0.15) is 0 Å². The summed E-state index contributed by atoms with van der Waals surface area (Å²) in [5, 5.41) is 7.19. The first-order chi connectivity index (χ1) is 16.4. The largest absolute Gasteiger partial charge is 0.350 e. The van der Waals surface area contributed by atoms with Crippen LogP contribution in [0.15, 0.2) is 53.3 Å². The fourth-order valence-electron chi connectivity index (χ4n) is 4.03. The van der Waals surface area contributed by atoms with Gasteiger partial charge in [-0.3, -0.25) is 23.9 Å². The van der Waals surface area contributed by atoms with Gasteiger partial charge >= 0.3 is 5.69 Å². The van der Waals surface area contributed by atoms with Crippen LogP contribution in [-0.4, -0.2) is 38.6 Å². The smallest absolute Gasteiger partial charge is 0.346 e. The lowest BCUT2D eigenvalue weighted by Gasteiger charge is -2.14. The predicted molar refractivity (Wildman–Crippen MR) is 121 cm³/mol. The Bertz CT molecular complexity index is 1310. The molecule has 1 aliphatic heterocycles. The SMILES string of the molecule is O=C(NCCn1nc(-c2ccc(F)cc2)n(C2CC2)c1=O)c1ccc(N2C(=O)CCC2=O)cc1. The average molecular weight is 463 g/mol. The van der Waals surface area contributed by atoms with Crippen LogP contribution < -0.4 is 15.9 Å². The summed E-state index contributed by atoms with van der Waals surface area (Å²) in [4.78, 5) is 50.3. The maximum Gasteiger partial charge on any atom is 0.346 e. The second-order valence-corrected chi connectivity index (χ2v) is 8.36. The molecule has 9 nitrogen and oxygen atoms in total. The van der Waals surface area contributed by atoms with Crippen molar-refractivity contribution in [2.24, 2.45) is 0 Å². The van der Waals surface area contributed by atoms with Crippen molar-refractivity contribution in [2.75, 3.05) is 11.4 Å². The summed E-state index contributed by atoms with van der Waals surface area (Å²) in [6, 6.07) is 12.1. The molecule has 2 aliphatic rings. The number of amides is 3. The highest BCUT2D eigenvalue weighted by Gasteiger charge is 2.31. The molecule has 0 atom stereocenters. The van der Waals surface area contributed by atoms with Crippen LogP contribution in [-0.2, 0) is 16.1 Å². The highest BCUT2D eigenvalue weighted by atomic mass is 19.1. The lowest BCUT2D eigenvalue weighted by molar-refractivity contribution is -0.121. The Hall–Kier alpha value is -4.08. The molecule has 1 saturated carbocycles. The van der Waals surface area contributed by atoms with Gasteiger partial charge in [-0.25, -0.2) is 13.9 Å². The molecule has 1 aliphatic carbocycles. The number of imide groups is 1. The molecule has 174 valence electrons. The first-order valence-electron chi connectivity index (χ1n) is 11.1. The van der Waals surface area contributed by atoms with Crippen molar-refractivity contribution in [1.82, 2.24) is 19.7 Å². The highest BCUT2D eigenvalue weighted by Crippen LogP contribution is 2.36. The van der Waals surface area contributed by atoms with Gasteiger partial charge in [0.15, 0.2) is 5.82 Å². The summed E-state index contributed by atoms with van der Waals surface area (Å²) in [7, 11) is 0. The molecule has 5 rings (SSSR count). The Morgan fingerprint density at radius 3 is 2.24 bits per heavy atom. The average Bonchev–Trinajstić information content (AvgIpc) is 3.54. The fraction of sp³-hybridized carbons (Fsp3) is 0.292. The summed E-state index contributed by atoms with van der Waals surface area (Å²) in [5.74, 6) is -0.728. The van der Waals surface area contributed by atoms with Gasteiger partial charge in [0.25, 0.3) is 5.91 Å². The molecular formula is C24H22FN5O4. The zero-order valence-electron chi connectivity index (χ0n) is 18.2. The van der Waals surface area contributed by atoms with E-state index in [1.165, 1.54) is 16.8 Å². The van der Waals surface area contributed by atoms with Crippen molar-refractivity contribution >= 4 is 23.4 Å². The predicted octanol–water partition coefficient (Wildman–Crippen LogP) is 2.27. The van der Waals surface area contributed by atoms with E-state index in [1.807, 2.05) is 0 Å². The van der Waals surface area contributed by atoms with E-state index in [0.29, 0.717) is 22.6 Å². The number of nitrogens with one attached hydrogen (secondary N) is 1. The third-order valence-electron chi connectivity index (χ3n) is 5.93. The van der Waals surface area contributed by atoms with Crippen LogP contribution in [0.5, 0.6) is 0 Å². The number of aromatic nitrogens is 3. The normalized spacial score (nSPS) is 15.7. The minimum atomic E-state index is -0.363. The summed E-state index contributed by atoms with van der Waals surface area (Å²) >= 11 is 0. The van der Waals surface area contributed by atoms with Crippen LogP contribution in [0.1, 0.15) is 42.1 Å². The first kappa shape index (κ1) is 21.7. The summed E-state index contributed by atoms with van der Waals surface area (Å²) in [5.41, 5.74) is 1.20. The van der Waals surface area contributed by atoms with Crippen molar-refractivity contribution in [3.8, 4) is 11.4 Å². The second kappa shape index (κ2) is 8.69. The van der Waals surface area contributed by atoms with Crippen molar-refractivity contribution in [1.29, 1.82) is 0 Å². The molecule has 0 unspecified atom stereocenters. The van der Waals surface area contributed by atoms with Gasteiger partial charge in [-0.15, -0.1) is 5.10 Å². The van der Waals surface area contributed by atoms with Crippen molar-refractivity contribution in [2.45, 2.75) is 38.3 Å². The molecule has 10 heteroatoms. The number of nitrogens with zero attached hydrogens (tertiary/aromatic N) is 4. The van der Waals surface area contributed by atoms with Crippen molar-refractivity contribution < 1.29 is 18.8 Å². The highest BCUT2D eigenvalue weighted by molar-refractivity contribution is 6.19. The Labute approximate surface area is 193 Å². The number of carbonyl (C=O) groups is 3. The maximum absolute atomic E-state index is 13.3. The monoisotopic (exact) mass is 463 g/mol. The summed E-state index contributed by atoms with van der Waals surface area (Å²) in [6.45, 7) is 0.349. The van der Waals surface area contributed by atoms with E-state index in [1.54, 1.807) is 41.0 Å². The van der Waals surface area contributed by atoms with E-state index >= 15 is 0 Å². The van der Waals surface area contributed by atoms with Crippen LogP contribution >= 0.6 is 0 Å². The van der Waals surface area contributed by atoms with Gasteiger partial charge in [0.05, 0.1) is 12.2 Å². The molecule has 0 bridgehead atoms. The van der Waals surface area contributed by atoms with Gasteiger partial charge in [-0.1, -0.05) is 0 Å². The number of anilines is 1. The molecule has 0 spiro atoms. The zero-order valence-corrected chi connectivity index (χ0v) is 18.2. The molecule has 1 saturated heterocycles. The number of benzene rings is 2. The Kier molecular flexibility index (Phi) is 5.56. The summed E-state index contributed by atoms with van der Waals surface area (Å²) in [6.07, 6.45) is 2.17. The molecular weight excluding hydrogens is 441 g/mol. The van der Waals surface area contributed by atoms with Crippen molar-refractivity contribution in [3.05, 3.63) is 70.4 Å². The number of rotatable bonds is 7. The van der Waals surface area contributed by atoms with Crippen LogP contribution in [0.3, 0.4) is 0 Å². The van der Waals surface area contributed by atoms with E-state index in [9.17, 15) is 23.6 Å². The number of hydrogen-bond donors (Lipinski definition) is 1. The molecule has 1 N–H and O–H groups in total. The molecule has 3 amide bonds. The van der Waals surface area contributed by atoms with Gasteiger partial charge in [0.2, 0.25) is 11.8 Å². The van der Waals surface area contributed by atoms with Crippen LogP contribution in [0.25, 0.3) is 11.4 Å². The molecule has 34 heavy (non-hydrogen) atoms. The lowest BCUT2D eigenvalue weighted by Crippen LogP contribution is -2.32. The van der Waals surface area contributed by atoms with Crippen molar-refractivity contribution in [3.63, 3.8) is 0 Å².